The summed E-state index contributed by atoms with van der Waals surface area (Å²) in [5.41, 5.74) is -0.972. The van der Waals surface area contributed by atoms with Gasteiger partial charge in [-0.2, -0.15) is 0 Å². The molecule has 8 fully saturated rings. The normalized spacial score (nSPS) is 34.2. The maximum atomic E-state index is 12.6. The van der Waals surface area contributed by atoms with E-state index in [0.29, 0.717) is 110 Å². The molecule has 8 bridgehead atoms. The molecule has 13 rings (SSSR count). The van der Waals surface area contributed by atoms with Gasteiger partial charge in [-0.05, 0) is 162 Å². The molecule has 0 aliphatic heterocycles. The molecule has 0 spiro atoms. The molecule has 10 nitrogen and oxygen atoms in total. The molecule has 0 saturated heterocycles. The van der Waals surface area contributed by atoms with Crippen LogP contribution in [-0.2, 0) is 32.5 Å². The number of phenolic OH excluding ortho intramolecular Hbond substituents is 10. The molecule has 8 saturated carbocycles. The Kier molecular flexibility index (Phi) is 7.57. The van der Waals surface area contributed by atoms with Crippen molar-refractivity contribution in [3.63, 3.8) is 0 Å². The van der Waals surface area contributed by atoms with E-state index in [0.717, 1.165) is 0 Å². The highest BCUT2D eigenvalue weighted by molar-refractivity contribution is 5.60. The number of benzene rings is 5. The summed E-state index contributed by atoms with van der Waals surface area (Å²) in [5.74, 6) is -0.110. The van der Waals surface area contributed by atoms with Gasteiger partial charge in [-0.3, -0.25) is 0 Å². The van der Waals surface area contributed by atoms with Gasteiger partial charge in [-0.1, -0.05) is 0 Å². The molecule has 3 radical (unpaired) electrons. The van der Waals surface area contributed by atoms with Crippen molar-refractivity contribution in [2.45, 2.75) is 110 Å². The van der Waals surface area contributed by atoms with Crippen LogP contribution in [0.5, 0.6) is 57.5 Å². The molecule has 0 heterocycles. The van der Waals surface area contributed by atoms with Gasteiger partial charge in [0.2, 0.25) is 0 Å². The van der Waals surface area contributed by atoms with Gasteiger partial charge in [0.15, 0.2) is 0 Å². The molecular formula is C51H49O10. The van der Waals surface area contributed by atoms with Gasteiger partial charge in [0.25, 0.3) is 0 Å². The minimum absolute atomic E-state index is 0.000620. The van der Waals surface area contributed by atoms with Crippen LogP contribution >= 0.6 is 0 Å². The summed E-state index contributed by atoms with van der Waals surface area (Å²) >= 11 is 0. The highest BCUT2D eigenvalue weighted by Gasteiger charge is 2.68. The predicted molar refractivity (Wildman–Crippen MR) is 224 cm³/mol. The molecule has 61 heavy (non-hydrogen) atoms. The van der Waals surface area contributed by atoms with Gasteiger partial charge >= 0.3 is 0 Å². The molecule has 8 aliphatic carbocycles. The van der Waals surface area contributed by atoms with E-state index in [9.17, 15) is 51.1 Å². The summed E-state index contributed by atoms with van der Waals surface area (Å²) < 4.78 is 0. The first kappa shape index (κ1) is 38.1. The van der Waals surface area contributed by atoms with Gasteiger partial charge in [-0.25, -0.2) is 0 Å². The van der Waals surface area contributed by atoms with E-state index in [1.165, 1.54) is 42.5 Å². The minimum Gasteiger partial charge on any atom is -0.508 e. The first-order chi connectivity index (χ1) is 28.9. The van der Waals surface area contributed by atoms with Crippen molar-refractivity contribution in [2.75, 3.05) is 0 Å². The molecule has 5 aromatic rings. The monoisotopic (exact) mass is 821 g/mol. The quantitative estimate of drug-likeness (QED) is 0.0738. The second-order valence-corrected chi connectivity index (χ2v) is 20.5. The summed E-state index contributed by atoms with van der Waals surface area (Å²) in [7, 11) is 0. The van der Waals surface area contributed by atoms with Gasteiger partial charge in [0.1, 0.15) is 57.5 Å². The van der Waals surface area contributed by atoms with Crippen molar-refractivity contribution in [2.24, 2.45) is 11.8 Å². The summed E-state index contributed by atoms with van der Waals surface area (Å²) in [6.45, 7) is 6.04. The van der Waals surface area contributed by atoms with E-state index >= 15 is 0 Å². The average Bonchev–Trinajstić information content (AvgIpc) is 3.18. The van der Waals surface area contributed by atoms with Gasteiger partial charge in [-0.15, -0.1) is 0 Å². The van der Waals surface area contributed by atoms with E-state index in [4.69, 9.17) is 6.92 Å². The van der Waals surface area contributed by atoms with E-state index in [1.807, 2.05) is 0 Å². The Morgan fingerprint density at radius 3 is 1.10 bits per heavy atom. The van der Waals surface area contributed by atoms with Crippen LogP contribution in [0.2, 0.25) is 0 Å². The zero-order valence-corrected chi connectivity index (χ0v) is 33.6. The SMILES string of the molecule is [CH]c1cc(O)c(C23CC4CC(c5cc(O)ccc5O)(C2)CC(c2cc(O)c(C56CC7CC(c8cc(O)[c]cc8O)(CC(c8cc(O)ccc8O)(C7)C5)C6)cc2O)(C4)C3)cc1O. The number of phenols is 10. The summed E-state index contributed by atoms with van der Waals surface area (Å²) in [6.07, 6.45) is 7.02. The molecule has 0 aromatic heterocycles. The number of hydrogen-bond acceptors (Lipinski definition) is 10. The lowest BCUT2D eigenvalue weighted by Crippen LogP contribution is -2.62. The first-order valence-electron chi connectivity index (χ1n) is 21.3. The third-order valence-corrected chi connectivity index (χ3v) is 16.7. The second-order valence-electron chi connectivity index (χ2n) is 20.5. The molecule has 5 aromatic carbocycles. The summed E-state index contributed by atoms with van der Waals surface area (Å²) in [5, 5.41) is 114. The topological polar surface area (TPSA) is 202 Å². The third kappa shape index (κ3) is 5.26. The van der Waals surface area contributed by atoms with Crippen LogP contribution in [0.15, 0.2) is 72.8 Å². The number of hydrogen-bond donors (Lipinski definition) is 10. The third-order valence-electron chi connectivity index (χ3n) is 16.7. The Morgan fingerprint density at radius 1 is 0.377 bits per heavy atom. The van der Waals surface area contributed by atoms with Gasteiger partial charge < -0.3 is 51.1 Å². The van der Waals surface area contributed by atoms with Crippen LogP contribution in [0.1, 0.15) is 116 Å². The predicted octanol–water partition coefficient (Wildman–Crippen LogP) is 8.82. The fourth-order valence-electron chi connectivity index (χ4n) is 15.9. The molecule has 8 unspecified atom stereocenters. The lowest BCUT2D eigenvalue weighted by molar-refractivity contribution is -0.0535. The van der Waals surface area contributed by atoms with E-state index in [2.05, 4.69) is 6.07 Å². The van der Waals surface area contributed by atoms with Crippen molar-refractivity contribution < 1.29 is 51.1 Å². The number of rotatable bonds is 6. The standard InChI is InChI=1S/C51H49O10/c1-27-8-43(59)36(12-42(27)58)49-18-29-17-48(22-49,35-11-32(54)4-7-41(35)57)25-51(20-29,26-49)38-14-44(60)37(13-45(38)61)50-19-28-15-46(23-50,33-9-30(52)2-5-39(33)55)21-47(16-28,24-50)34-10-31(53)3-6-40(34)56/h1-2,4-14,28-29,52-61H,15-26H2. The second kappa shape index (κ2) is 12.1. The van der Waals surface area contributed by atoms with Crippen LogP contribution in [0.25, 0.3) is 0 Å². The lowest BCUT2D eigenvalue weighted by Gasteiger charge is -2.68. The lowest BCUT2D eigenvalue weighted by atomic mass is 9.36. The zero-order valence-electron chi connectivity index (χ0n) is 33.6. The van der Waals surface area contributed by atoms with Crippen molar-refractivity contribution in [3.8, 4) is 57.5 Å². The molecular weight excluding hydrogens is 773 g/mol. The molecule has 8 aliphatic rings. The maximum Gasteiger partial charge on any atom is 0.124 e. The van der Waals surface area contributed by atoms with Crippen LogP contribution in [-0.4, -0.2) is 51.1 Å². The molecule has 0 amide bonds. The van der Waals surface area contributed by atoms with E-state index in [1.54, 1.807) is 30.3 Å². The van der Waals surface area contributed by atoms with Gasteiger partial charge in [0.05, 0.1) is 0 Å². The minimum atomic E-state index is -0.776. The van der Waals surface area contributed by atoms with Crippen LogP contribution in [0, 0.1) is 24.8 Å². The Bertz CT molecular complexity index is 2640. The van der Waals surface area contributed by atoms with Crippen LogP contribution in [0.4, 0.5) is 0 Å². The Labute approximate surface area is 353 Å². The largest absolute Gasteiger partial charge is 0.508 e. The van der Waals surface area contributed by atoms with Crippen molar-refractivity contribution >= 4 is 0 Å². The molecule has 313 valence electrons. The summed E-state index contributed by atoms with van der Waals surface area (Å²) in [6, 6.07) is 21.0. The smallest absolute Gasteiger partial charge is 0.124 e. The van der Waals surface area contributed by atoms with Crippen molar-refractivity contribution in [1.29, 1.82) is 0 Å². The first-order valence-corrected chi connectivity index (χ1v) is 21.3. The van der Waals surface area contributed by atoms with Gasteiger partial charge in [0, 0.05) is 84.4 Å². The van der Waals surface area contributed by atoms with Crippen LogP contribution in [0.3, 0.4) is 0 Å². The average molecular weight is 822 g/mol. The van der Waals surface area contributed by atoms with E-state index in [-0.39, 0.29) is 74.9 Å². The maximum absolute atomic E-state index is 12.6. The highest BCUT2D eigenvalue weighted by Crippen LogP contribution is 2.75. The summed E-state index contributed by atoms with van der Waals surface area (Å²) in [4.78, 5) is 0. The zero-order chi connectivity index (χ0) is 42.6. The Morgan fingerprint density at radius 2 is 0.705 bits per heavy atom. The molecule has 10 heteroatoms. The Balaban J connectivity index is 1.08. The molecule has 10 N–H and O–H groups in total. The molecule has 8 atom stereocenters. The fourth-order valence-corrected chi connectivity index (χ4v) is 15.9. The van der Waals surface area contributed by atoms with Crippen molar-refractivity contribution in [1.82, 2.24) is 0 Å². The van der Waals surface area contributed by atoms with E-state index < -0.39 is 32.5 Å². The van der Waals surface area contributed by atoms with Crippen molar-refractivity contribution in [3.05, 3.63) is 125 Å². The Hall–Kier alpha value is -5.90. The fraction of sp³-hybridized carbons (Fsp3) is 0.392. The highest BCUT2D eigenvalue weighted by atomic mass is 16.3. The number of aromatic hydroxyl groups is 10. The van der Waals surface area contributed by atoms with Crippen LogP contribution < -0.4 is 0 Å².